The van der Waals surface area contributed by atoms with Crippen molar-refractivity contribution in [1.82, 2.24) is 5.32 Å². The van der Waals surface area contributed by atoms with Gasteiger partial charge in [0.15, 0.2) is 0 Å². The van der Waals surface area contributed by atoms with Gasteiger partial charge in [-0.1, -0.05) is 23.2 Å². The predicted molar refractivity (Wildman–Crippen MR) is 106 cm³/mol. The van der Waals surface area contributed by atoms with Gasteiger partial charge in [-0.25, -0.2) is 4.79 Å². The molecule has 0 saturated carbocycles. The van der Waals surface area contributed by atoms with Gasteiger partial charge in [-0.15, -0.1) is 0 Å². The van der Waals surface area contributed by atoms with E-state index in [2.05, 4.69) is 5.32 Å². The number of halogens is 2. The monoisotopic (exact) mass is 451 g/mol. The fraction of sp³-hybridized carbons (Fsp3) is 0.550. The van der Waals surface area contributed by atoms with Gasteiger partial charge in [-0.3, -0.25) is 9.69 Å². The van der Waals surface area contributed by atoms with E-state index in [0.717, 1.165) is 0 Å². The average Bonchev–Trinajstić information content (AvgIpc) is 3.25. The molecule has 0 unspecified atom stereocenters. The number of hydrogen-bond acceptors (Lipinski definition) is 6. The molecule has 4 aliphatic rings. The summed E-state index contributed by atoms with van der Waals surface area (Å²) in [5.74, 6) is -0.871. The van der Waals surface area contributed by atoms with Gasteiger partial charge in [0, 0.05) is 24.4 Å². The number of nitrogens with one attached hydrogen (secondary N) is 1. The van der Waals surface area contributed by atoms with E-state index in [-0.39, 0.29) is 33.5 Å². The standard InChI is InChI=1S/C20H19Cl2N3O5/c1-19-13(24-18(27)28-2)7-20(30-19)3-4-29-17-15(20)14(19)16(26)25(17)9-5-11(21)10(8-23)12(22)6-9/h5-6,13-15,17H,3-4,7H2,1-2H3,(H,24,27)/t13-,14-,15+,17+,19+,20+/m1/s1. The molecule has 5 rings (SSSR count). The Morgan fingerprint density at radius 1 is 1.40 bits per heavy atom. The average molecular weight is 452 g/mol. The van der Waals surface area contributed by atoms with Gasteiger partial charge >= 0.3 is 6.09 Å². The molecule has 4 fully saturated rings. The van der Waals surface area contributed by atoms with Crippen LogP contribution in [0.25, 0.3) is 0 Å². The molecule has 0 aromatic heterocycles. The molecular formula is C20H19Cl2N3O5. The summed E-state index contributed by atoms with van der Waals surface area (Å²) in [6, 6.07) is 4.73. The van der Waals surface area contributed by atoms with Crippen LogP contribution in [0.3, 0.4) is 0 Å². The van der Waals surface area contributed by atoms with Gasteiger partial charge in [0.25, 0.3) is 0 Å². The van der Waals surface area contributed by atoms with Crippen molar-refractivity contribution in [1.29, 1.82) is 5.26 Å². The third kappa shape index (κ3) is 2.41. The molecule has 0 radical (unpaired) electrons. The molecule has 4 heterocycles. The minimum Gasteiger partial charge on any atom is -0.453 e. The van der Waals surface area contributed by atoms with Crippen LogP contribution in [0, 0.1) is 23.2 Å². The van der Waals surface area contributed by atoms with Crippen LogP contribution in [0.15, 0.2) is 12.1 Å². The van der Waals surface area contributed by atoms with Crippen molar-refractivity contribution in [3.63, 3.8) is 0 Å². The second kappa shape index (κ2) is 6.47. The summed E-state index contributed by atoms with van der Waals surface area (Å²) in [5, 5.41) is 12.4. The van der Waals surface area contributed by atoms with E-state index >= 15 is 0 Å². The first-order valence-electron chi connectivity index (χ1n) is 9.64. The normalized spacial score (nSPS) is 38.4. The highest BCUT2D eigenvalue weighted by Gasteiger charge is 2.78. The Morgan fingerprint density at radius 2 is 2.10 bits per heavy atom. The van der Waals surface area contributed by atoms with Crippen molar-refractivity contribution < 1.29 is 23.8 Å². The van der Waals surface area contributed by atoms with Crippen LogP contribution in [0.4, 0.5) is 10.5 Å². The molecule has 6 atom stereocenters. The predicted octanol–water partition coefficient (Wildman–Crippen LogP) is 2.85. The van der Waals surface area contributed by atoms with Gasteiger partial charge in [-0.2, -0.15) is 5.26 Å². The quantitative estimate of drug-likeness (QED) is 0.741. The van der Waals surface area contributed by atoms with E-state index in [1.807, 2.05) is 13.0 Å². The number of hydrogen-bond donors (Lipinski definition) is 1. The second-order valence-electron chi connectivity index (χ2n) is 8.36. The van der Waals surface area contributed by atoms with Gasteiger partial charge < -0.3 is 19.5 Å². The highest BCUT2D eigenvalue weighted by molar-refractivity contribution is 6.37. The lowest BCUT2D eigenvalue weighted by atomic mass is 9.64. The van der Waals surface area contributed by atoms with E-state index in [4.69, 9.17) is 37.4 Å². The Kier molecular flexibility index (Phi) is 4.29. The van der Waals surface area contributed by atoms with E-state index < -0.39 is 29.4 Å². The highest BCUT2D eigenvalue weighted by Crippen LogP contribution is 2.65. The van der Waals surface area contributed by atoms with Crippen molar-refractivity contribution in [3.05, 3.63) is 27.7 Å². The van der Waals surface area contributed by atoms with Gasteiger partial charge in [0.1, 0.15) is 12.3 Å². The second-order valence-corrected chi connectivity index (χ2v) is 9.18. The molecular weight excluding hydrogens is 433 g/mol. The van der Waals surface area contributed by atoms with Crippen LogP contribution >= 0.6 is 23.2 Å². The molecule has 2 amide bonds. The number of rotatable bonds is 2. The summed E-state index contributed by atoms with van der Waals surface area (Å²) >= 11 is 12.5. The maximum atomic E-state index is 13.7. The third-order valence-electron chi connectivity index (χ3n) is 7.02. The Morgan fingerprint density at radius 3 is 2.73 bits per heavy atom. The van der Waals surface area contributed by atoms with Crippen LogP contribution in [0.2, 0.25) is 10.0 Å². The SMILES string of the molecule is COC(=O)N[C@@H]1C[C@@]23CCO[C@H]4[C@@H]2[C@H](C(=O)N4c2cc(Cl)c(C#N)c(Cl)c2)[C@@]1(C)O3. The van der Waals surface area contributed by atoms with E-state index in [9.17, 15) is 14.9 Å². The Labute approximate surface area is 182 Å². The van der Waals surface area contributed by atoms with Crippen molar-refractivity contribution >= 4 is 40.9 Å². The van der Waals surface area contributed by atoms with Crippen molar-refractivity contribution in [3.8, 4) is 6.07 Å². The molecule has 1 N–H and O–H groups in total. The summed E-state index contributed by atoms with van der Waals surface area (Å²) in [6.07, 6.45) is 0.129. The molecule has 158 valence electrons. The first-order chi connectivity index (χ1) is 14.3. The largest absolute Gasteiger partial charge is 0.453 e. The summed E-state index contributed by atoms with van der Waals surface area (Å²) < 4.78 is 17.3. The lowest BCUT2D eigenvalue weighted by molar-refractivity contribution is -0.139. The zero-order valence-corrected chi connectivity index (χ0v) is 17.8. The molecule has 4 saturated heterocycles. The maximum absolute atomic E-state index is 13.7. The third-order valence-corrected chi connectivity index (χ3v) is 7.62. The number of anilines is 1. The minimum absolute atomic E-state index is 0.160. The molecule has 1 aromatic rings. The highest BCUT2D eigenvalue weighted by atomic mass is 35.5. The smallest absolute Gasteiger partial charge is 0.407 e. The van der Waals surface area contributed by atoms with Crippen LogP contribution in [-0.4, -0.2) is 49.2 Å². The Balaban J connectivity index is 1.57. The first-order valence-corrected chi connectivity index (χ1v) is 10.4. The molecule has 0 aliphatic carbocycles. The molecule has 10 heteroatoms. The number of amides is 2. The number of fused-ring (bicyclic) bond motifs is 2. The molecule has 1 aromatic carbocycles. The zero-order valence-electron chi connectivity index (χ0n) is 16.3. The fourth-order valence-electron chi connectivity index (χ4n) is 5.83. The van der Waals surface area contributed by atoms with Crippen LogP contribution < -0.4 is 10.2 Å². The Bertz CT molecular complexity index is 990. The lowest BCUT2D eigenvalue weighted by Gasteiger charge is -2.42. The number of ether oxygens (including phenoxy) is 3. The van der Waals surface area contributed by atoms with Crippen LogP contribution in [0.5, 0.6) is 0 Å². The summed E-state index contributed by atoms with van der Waals surface area (Å²) in [4.78, 5) is 27.1. The van der Waals surface area contributed by atoms with Gasteiger partial charge in [0.2, 0.25) is 5.91 Å². The van der Waals surface area contributed by atoms with Crippen LogP contribution in [-0.2, 0) is 19.0 Å². The maximum Gasteiger partial charge on any atom is 0.407 e. The minimum atomic E-state index is -0.892. The van der Waals surface area contributed by atoms with Crippen molar-refractivity contribution in [2.75, 3.05) is 18.6 Å². The number of benzene rings is 1. The van der Waals surface area contributed by atoms with E-state index in [1.54, 1.807) is 17.0 Å². The number of nitriles is 1. The summed E-state index contributed by atoms with van der Waals surface area (Å²) in [7, 11) is 1.30. The molecule has 30 heavy (non-hydrogen) atoms. The lowest BCUT2D eigenvalue weighted by Crippen LogP contribution is -2.57. The molecule has 8 nitrogen and oxygen atoms in total. The summed E-state index contributed by atoms with van der Waals surface area (Å²) in [6.45, 7) is 2.28. The Hall–Kier alpha value is -2.05. The first kappa shape index (κ1) is 19.9. The summed E-state index contributed by atoms with van der Waals surface area (Å²) in [5.41, 5.74) is -0.825. The number of carbonyl (C=O) groups is 2. The number of alkyl carbamates (subject to hydrolysis) is 1. The molecule has 4 aliphatic heterocycles. The molecule has 2 bridgehead atoms. The fourth-order valence-corrected chi connectivity index (χ4v) is 6.39. The zero-order chi connectivity index (χ0) is 21.4. The van der Waals surface area contributed by atoms with Gasteiger partial charge in [0.05, 0.1) is 52.5 Å². The number of nitrogens with zero attached hydrogens (tertiary/aromatic N) is 2. The van der Waals surface area contributed by atoms with E-state index in [1.165, 1.54) is 7.11 Å². The van der Waals surface area contributed by atoms with E-state index in [0.29, 0.717) is 25.1 Å². The van der Waals surface area contributed by atoms with Crippen molar-refractivity contribution in [2.24, 2.45) is 11.8 Å². The topological polar surface area (TPSA) is 101 Å². The number of methoxy groups -OCH3 is 1. The van der Waals surface area contributed by atoms with Crippen molar-refractivity contribution in [2.45, 2.75) is 43.2 Å². The number of carbonyl (C=O) groups excluding carboxylic acids is 2. The van der Waals surface area contributed by atoms with Gasteiger partial charge in [-0.05, 0) is 19.1 Å². The molecule has 1 spiro atoms. The van der Waals surface area contributed by atoms with Crippen LogP contribution in [0.1, 0.15) is 25.3 Å².